The van der Waals surface area contributed by atoms with Crippen LogP contribution in [0.1, 0.15) is 17.9 Å². The van der Waals surface area contributed by atoms with E-state index in [1.54, 1.807) is 0 Å². The molecule has 22 heavy (non-hydrogen) atoms. The fraction of sp³-hybridized carbons (Fsp3) is 0.545. The first-order chi connectivity index (χ1) is 10.3. The number of nitrogens with two attached hydrogens (primary N) is 1. The number of ether oxygens (including phenoxy) is 1. The van der Waals surface area contributed by atoms with E-state index in [-0.39, 0.29) is 5.56 Å². The Morgan fingerprint density at radius 1 is 1.41 bits per heavy atom. The minimum Gasteiger partial charge on any atom is -0.394 e. The zero-order valence-electron chi connectivity index (χ0n) is 11.1. The Kier molecular flexibility index (Phi) is 4.44. The van der Waals surface area contributed by atoms with Crippen molar-refractivity contribution in [1.29, 1.82) is 0 Å². The number of hydrogen-bond acceptors (Lipinski definition) is 8. The van der Waals surface area contributed by atoms with Gasteiger partial charge in [-0.1, -0.05) is 0 Å². The standard InChI is InChI=1S/C11H15N3O8/c12-8(18)10(20)14-1-3(9(19)13-11(14)21)7-6(17)5(16)4(2-15)22-7/h1,4-7,10,15-17,20H,2H2,(H2,12,18)(H,13,19,21)/t4-,5-,6-,7+,10?/m1/s1. The van der Waals surface area contributed by atoms with Crippen LogP contribution in [-0.2, 0) is 9.53 Å². The number of nitrogens with one attached hydrogen (secondary N) is 1. The second kappa shape index (κ2) is 5.98. The van der Waals surface area contributed by atoms with E-state index >= 15 is 0 Å². The van der Waals surface area contributed by atoms with E-state index in [1.165, 1.54) is 0 Å². The van der Waals surface area contributed by atoms with Gasteiger partial charge in [0.05, 0.1) is 12.2 Å². The van der Waals surface area contributed by atoms with Crippen LogP contribution in [0.15, 0.2) is 15.8 Å². The molecule has 0 aliphatic carbocycles. The summed E-state index contributed by atoms with van der Waals surface area (Å²) in [6.07, 6.45) is -6.70. The number of H-pyrrole nitrogens is 1. The van der Waals surface area contributed by atoms with Crippen molar-refractivity contribution in [1.82, 2.24) is 9.55 Å². The van der Waals surface area contributed by atoms with Crippen LogP contribution in [0.4, 0.5) is 0 Å². The van der Waals surface area contributed by atoms with E-state index < -0.39 is 54.4 Å². The summed E-state index contributed by atoms with van der Waals surface area (Å²) in [5.74, 6) is -1.23. The van der Waals surface area contributed by atoms with Crippen molar-refractivity contribution in [2.75, 3.05) is 6.61 Å². The van der Waals surface area contributed by atoms with Crippen LogP contribution in [0.2, 0.25) is 0 Å². The third-order valence-electron chi connectivity index (χ3n) is 3.36. The van der Waals surface area contributed by atoms with Crippen LogP contribution in [0, 0.1) is 0 Å². The van der Waals surface area contributed by atoms with Crippen molar-refractivity contribution in [2.45, 2.75) is 30.6 Å². The van der Waals surface area contributed by atoms with Gasteiger partial charge in [-0.05, 0) is 0 Å². The number of hydrogen-bond donors (Lipinski definition) is 6. The number of primary amides is 1. The van der Waals surface area contributed by atoms with Crippen molar-refractivity contribution in [2.24, 2.45) is 5.73 Å². The highest BCUT2D eigenvalue weighted by atomic mass is 16.6. The number of nitrogens with zero attached hydrogens (tertiary/aromatic N) is 1. The third-order valence-corrected chi connectivity index (χ3v) is 3.36. The fourth-order valence-corrected chi connectivity index (χ4v) is 2.18. The maximum Gasteiger partial charge on any atom is 0.330 e. The first-order valence-corrected chi connectivity index (χ1v) is 6.23. The van der Waals surface area contributed by atoms with Gasteiger partial charge in [0.1, 0.15) is 24.4 Å². The van der Waals surface area contributed by atoms with Crippen molar-refractivity contribution in [3.05, 3.63) is 32.6 Å². The fourth-order valence-electron chi connectivity index (χ4n) is 2.18. The molecule has 122 valence electrons. The molecule has 1 aliphatic rings. The van der Waals surface area contributed by atoms with Gasteiger partial charge in [-0.25, -0.2) is 4.79 Å². The molecule has 2 heterocycles. The first-order valence-electron chi connectivity index (χ1n) is 6.23. The molecule has 0 saturated carbocycles. The van der Waals surface area contributed by atoms with Crippen LogP contribution in [0.25, 0.3) is 0 Å². The molecule has 7 N–H and O–H groups in total. The quantitative estimate of drug-likeness (QED) is 0.321. The van der Waals surface area contributed by atoms with Gasteiger partial charge in [0.2, 0.25) is 6.23 Å². The molecule has 1 aromatic rings. The predicted octanol–water partition coefficient (Wildman–Crippen LogP) is -4.33. The number of carbonyl (C=O) groups is 1. The molecule has 1 saturated heterocycles. The summed E-state index contributed by atoms with van der Waals surface area (Å²) in [7, 11) is 0. The van der Waals surface area contributed by atoms with Crippen LogP contribution in [-0.4, -0.2) is 60.8 Å². The van der Waals surface area contributed by atoms with E-state index in [0.717, 1.165) is 6.20 Å². The Hall–Kier alpha value is -2.05. The molecule has 0 bridgehead atoms. The topological polar surface area (TPSA) is 188 Å². The van der Waals surface area contributed by atoms with Crippen molar-refractivity contribution in [3.63, 3.8) is 0 Å². The van der Waals surface area contributed by atoms with Gasteiger partial charge in [-0.3, -0.25) is 19.1 Å². The van der Waals surface area contributed by atoms with Crippen molar-refractivity contribution >= 4 is 5.91 Å². The zero-order chi connectivity index (χ0) is 16.6. The largest absolute Gasteiger partial charge is 0.394 e. The van der Waals surface area contributed by atoms with Gasteiger partial charge < -0.3 is 30.9 Å². The van der Waals surface area contributed by atoms with Gasteiger partial charge in [-0.15, -0.1) is 0 Å². The molecule has 0 spiro atoms. The van der Waals surface area contributed by atoms with Gasteiger partial charge in [0.25, 0.3) is 11.5 Å². The molecule has 11 nitrogen and oxygen atoms in total. The molecule has 0 aromatic carbocycles. The summed E-state index contributed by atoms with van der Waals surface area (Å²) in [5, 5.41) is 38.1. The maximum absolute atomic E-state index is 11.8. The number of aliphatic hydroxyl groups excluding tert-OH is 4. The Morgan fingerprint density at radius 3 is 2.55 bits per heavy atom. The Bertz CT molecular complexity index is 683. The Balaban J connectivity index is 2.48. The summed E-state index contributed by atoms with van der Waals surface area (Å²) in [6.45, 7) is -0.601. The second-order valence-corrected chi connectivity index (χ2v) is 4.79. The molecule has 0 radical (unpaired) electrons. The number of aliphatic hydroxyl groups is 4. The highest BCUT2D eigenvalue weighted by molar-refractivity contribution is 5.76. The summed E-state index contributed by atoms with van der Waals surface area (Å²) in [6, 6.07) is 0. The predicted molar refractivity (Wildman–Crippen MR) is 68.5 cm³/mol. The number of carbonyl (C=O) groups excluding carboxylic acids is 1. The summed E-state index contributed by atoms with van der Waals surface area (Å²) >= 11 is 0. The van der Waals surface area contributed by atoms with Crippen LogP contribution >= 0.6 is 0 Å². The van der Waals surface area contributed by atoms with E-state index in [0.29, 0.717) is 4.57 Å². The minimum atomic E-state index is -2.03. The molecular weight excluding hydrogens is 302 g/mol. The average Bonchev–Trinajstić information content (AvgIpc) is 2.74. The summed E-state index contributed by atoms with van der Waals surface area (Å²) < 4.78 is 5.61. The van der Waals surface area contributed by atoms with Gasteiger partial charge in [-0.2, -0.15) is 0 Å². The Morgan fingerprint density at radius 2 is 2.05 bits per heavy atom. The molecule has 11 heteroatoms. The Labute approximate surface area is 122 Å². The lowest BCUT2D eigenvalue weighted by atomic mass is 10.0. The monoisotopic (exact) mass is 317 g/mol. The minimum absolute atomic E-state index is 0.317. The molecule has 1 aromatic heterocycles. The highest BCUT2D eigenvalue weighted by Crippen LogP contribution is 2.31. The smallest absolute Gasteiger partial charge is 0.330 e. The number of amides is 1. The van der Waals surface area contributed by atoms with Gasteiger partial charge in [0, 0.05) is 6.20 Å². The van der Waals surface area contributed by atoms with E-state index in [1.807, 2.05) is 4.98 Å². The van der Waals surface area contributed by atoms with Gasteiger partial charge in [0.15, 0.2) is 0 Å². The van der Waals surface area contributed by atoms with Crippen molar-refractivity contribution < 1.29 is 30.0 Å². The van der Waals surface area contributed by atoms with Crippen LogP contribution in [0.3, 0.4) is 0 Å². The number of rotatable bonds is 4. The molecule has 1 aliphatic heterocycles. The second-order valence-electron chi connectivity index (χ2n) is 4.79. The van der Waals surface area contributed by atoms with E-state index in [4.69, 9.17) is 15.6 Å². The van der Waals surface area contributed by atoms with Crippen molar-refractivity contribution in [3.8, 4) is 0 Å². The molecule has 1 amide bonds. The van der Waals surface area contributed by atoms with Crippen LogP contribution < -0.4 is 17.0 Å². The highest BCUT2D eigenvalue weighted by Gasteiger charge is 2.44. The molecule has 1 unspecified atom stereocenters. The lowest BCUT2D eigenvalue weighted by Crippen LogP contribution is -2.40. The van der Waals surface area contributed by atoms with Gasteiger partial charge >= 0.3 is 5.69 Å². The first kappa shape index (κ1) is 16.3. The molecule has 2 rings (SSSR count). The van der Waals surface area contributed by atoms with E-state index in [2.05, 4.69) is 0 Å². The summed E-state index contributed by atoms with van der Waals surface area (Å²) in [5.41, 5.74) is 2.53. The SMILES string of the molecule is NC(=O)C(O)n1cc([C@@H]2O[C@H](CO)[C@@H](O)[C@H]2O)c(=O)[nH]c1=O. The third kappa shape index (κ3) is 2.67. The molecular formula is C11H15N3O8. The van der Waals surface area contributed by atoms with E-state index in [9.17, 15) is 29.7 Å². The lowest BCUT2D eigenvalue weighted by Gasteiger charge is -2.16. The molecule has 1 fully saturated rings. The normalized spacial score (nSPS) is 29.5. The lowest BCUT2D eigenvalue weighted by molar-refractivity contribution is -0.130. The molecule has 5 atom stereocenters. The number of aromatic nitrogens is 2. The van der Waals surface area contributed by atoms with Crippen LogP contribution in [0.5, 0.6) is 0 Å². The zero-order valence-corrected chi connectivity index (χ0v) is 11.1. The maximum atomic E-state index is 11.8. The number of aromatic amines is 1. The summed E-state index contributed by atoms with van der Waals surface area (Å²) in [4.78, 5) is 36.2. The average molecular weight is 317 g/mol.